The molecule has 2 unspecified atom stereocenters. The van der Waals surface area contributed by atoms with Crippen LogP contribution in [0.25, 0.3) is 11.0 Å². The second-order valence-electron chi connectivity index (χ2n) is 10.2. The zero-order chi connectivity index (χ0) is 24.8. The molecule has 1 heterocycles. The number of hydrogen-bond acceptors (Lipinski definition) is 4. The molecule has 0 spiro atoms. The molecular formula is C25H30F3N3O3. The van der Waals surface area contributed by atoms with E-state index in [1.807, 2.05) is 13.0 Å². The number of benzene rings is 1. The predicted octanol–water partition coefficient (Wildman–Crippen LogP) is 6.59. The number of aromatic carboxylic acids is 1. The number of carbonyl (C=O) groups is 1. The number of carboxylic acids is 1. The van der Waals surface area contributed by atoms with Crippen molar-refractivity contribution >= 4 is 23.0 Å². The van der Waals surface area contributed by atoms with Gasteiger partial charge in [0.2, 0.25) is 5.95 Å². The monoisotopic (exact) mass is 477 g/mol. The van der Waals surface area contributed by atoms with Gasteiger partial charge >= 0.3 is 12.3 Å². The van der Waals surface area contributed by atoms with Crippen LogP contribution in [-0.2, 0) is 4.74 Å². The van der Waals surface area contributed by atoms with Crippen molar-refractivity contribution in [2.45, 2.75) is 71.8 Å². The smallest absolute Gasteiger partial charge is 0.478 e. The third-order valence-corrected chi connectivity index (χ3v) is 6.80. The van der Waals surface area contributed by atoms with E-state index in [0.29, 0.717) is 17.0 Å². The zero-order valence-electron chi connectivity index (χ0n) is 19.7. The lowest BCUT2D eigenvalue weighted by molar-refractivity contribution is -0.303. The summed E-state index contributed by atoms with van der Waals surface area (Å²) in [6.07, 6.45) is 3.80. The Morgan fingerprint density at radius 3 is 2.68 bits per heavy atom. The van der Waals surface area contributed by atoms with Gasteiger partial charge in [0, 0.05) is 12.0 Å². The van der Waals surface area contributed by atoms with E-state index in [2.05, 4.69) is 28.5 Å². The molecule has 4 rings (SSSR count). The van der Waals surface area contributed by atoms with E-state index in [1.165, 1.54) is 12.2 Å². The first-order valence-electron chi connectivity index (χ1n) is 11.5. The van der Waals surface area contributed by atoms with Gasteiger partial charge in [0.15, 0.2) is 0 Å². The number of alkyl halides is 3. The maximum atomic E-state index is 12.6. The molecule has 9 heteroatoms. The molecule has 1 aromatic carbocycles. The lowest BCUT2D eigenvalue weighted by Gasteiger charge is -2.37. The first-order chi connectivity index (χ1) is 15.8. The molecule has 0 radical (unpaired) electrons. The summed E-state index contributed by atoms with van der Waals surface area (Å²) < 4.78 is 44.0. The van der Waals surface area contributed by atoms with Gasteiger partial charge in [-0.05, 0) is 61.4 Å². The fourth-order valence-corrected chi connectivity index (χ4v) is 5.15. The number of hydrogen-bond donors (Lipinski definition) is 2. The molecule has 2 aromatic rings. The SMILES string of the molecule is Cc1cc2c(cc1C(=O)O)nc(NC1C=CC(OC(F)(F)F)=CC1C)n2[C@@H]1CCCC(C)(C)C1. The molecule has 2 aliphatic rings. The van der Waals surface area contributed by atoms with E-state index in [9.17, 15) is 23.1 Å². The fraction of sp³-hybridized carbons (Fsp3) is 0.520. The standard InChI is InChI=1S/C25H30F3N3O3/c1-14-11-21-20(12-18(14)22(32)33)30-23(31(21)16-6-5-9-24(3,4)13-16)29-19-8-7-17(10-15(19)2)34-25(26,27)28/h7-8,10-12,15-16,19H,5-6,9,13H2,1-4H3,(H,29,30)(H,32,33)/t15?,16-,19?/m1/s1. The van der Waals surface area contributed by atoms with Gasteiger partial charge in [-0.15, -0.1) is 13.2 Å². The number of nitrogens with zero attached hydrogens (tertiary/aromatic N) is 2. The summed E-state index contributed by atoms with van der Waals surface area (Å²) in [5.74, 6) is -0.930. The lowest BCUT2D eigenvalue weighted by atomic mass is 9.75. The van der Waals surface area contributed by atoms with Crippen molar-refractivity contribution in [3.8, 4) is 0 Å². The minimum absolute atomic E-state index is 0.164. The summed E-state index contributed by atoms with van der Waals surface area (Å²) in [5.41, 5.74) is 2.47. The molecule has 0 aliphatic heterocycles. The molecule has 0 amide bonds. The first-order valence-corrected chi connectivity index (χ1v) is 11.5. The largest absolute Gasteiger partial charge is 0.573 e. The molecule has 2 aliphatic carbocycles. The number of carboxylic acid groups (broad SMARTS) is 1. The van der Waals surface area contributed by atoms with Gasteiger partial charge in [0.1, 0.15) is 5.76 Å². The summed E-state index contributed by atoms with van der Waals surface area (Å²) in [4.78, 5) is 16.4. The van der Waals surface area contributed by atoms with Crippen LogP contribution in [0.4, 0.5) is 19.1 Å². The van der Waals surface area contributed by atoms with Crippen molar-refractivity contribution in [2.24, 2.45) is 11.3 Å². The molecule has 184 valence electrons. The number of aryl methyl sites for hydroxylation is 1. The Morgan fingerprint density at radius 2 is 2.06 bits per heavy atom. The fourth-order valence-electron chi connectivity index (χ4n) is 5.15. The van der Waals surface area contributed by atoms with E-state index in [1.54, 1.807) is 19.1 Å². The second kappa shape index (κ2) is 8.67. The van der Waals surface area contributed by atoms with Gasteiger partial charge in [-0.3, -0.25) is 0 Å². The minimum Gasteiger partial charge on any atom is -0.478 e. The van der Waals surface area contributed by atoms with Gasteiger partial charge in [0.25, 0.3) is 0 Å². The Hall–Kier alpha value is -2.97. The number of ether oxygens (including phenoxy) is 1. The quantitative estimate of drug-likeness (QED) is 0.508. The predicted molar refractivity (Wildman–Crippen MR) is 124 cm³/mol. The highest BCUT2D eigenvalue weighted by molar-refractivity contribution is 5.95. The normalized spacial score (nSPS) is 24.7. The van der Waals surface area contributed by atoms with E-state index in [4.69, 9.17) is 4.98 Å². The summed E-state index contributed by atoms with van der Waals surface area (Å²) in [7, 11) is 0. The number of fused-ring (bicyclic) bond motifs is 1. The van der Waals surface area contributed by atoms with Gasteiger partial charge in [-0.1, -0.05) is 33.3 Å². The highest BCUT2D eigenvalue weighted by atomic mass is 19.4. The van der Waals surface area contributed by atoms with Crippen LogP contribution in [-0.4, -0.2) is 33.0 Å². The molecule has 2 N–H and O–H groups in total. The van der Waals surface area contributed by atoms with Crippen LogP contribution in [0.2, 0.25) is 0 Å². The van der Waals surface area contributed by atoms with Gasteiger partial charge < -0.3 is 19.7 Å². The highest BCUT2D eigenvalue weighted by Gasteiger charge is 2.34. The molecule has 34 heavy (non-hydrogen) atoms. The molecule has 6 nitrogen and oxygen atoms in total. The Morgan fingerprint density at radius 1 is 1.32 bits per heavy atom. The Kier molecular flexibility index (Phi) is 6.16. The van der Waals surface area contributed by atoms with Crippen molar-refractivity contribution in [3.05, 3.63) is 47.2 Å². The summed E-state index contributed by atoms with van der Waals surface area (Å²) >= 11 is 0. The van der Waals surface area contributed by atoms with Gasteiger partial charge in [-0.2, -0.15) is 0 Å². The van der Waals surface area contributed by atoms with Crippen LogP contribution in [0.1, 0.15) is 68.4 Å². The highest BCUT2D eigenvalue weighted by Crippen LogP contribution is 2.43. The molecular weight excluding hydrogens is 447 g/mol. The Labute approximate surface area is 196 Å². The average molecular weight is 478 g/mol. The summed E-state index contributed by atoms with van der Waals surface area (Å²) in [6.45, 7) is 8.08. The molecule has 1 aromatic heterocycles. The number of imidazole rings is 1. The molecule has 0 saturated heterocycles. The number of aromatic nitrogens is 2. The topological polar surface area (TPSA) is 76.4 Å². The zero-order valence-corrected chi connectivity index (χ0v) is 19.7. The number of allylic oxidation sites excluding steroid dienone is 1. The number of anilines is 1. The van der Waals surface area contributed by atoms with Gasteiger partial charge in [0.05, 0.1) is 22.6 Å². The van der Waals surface area contributed by atoms with Crippen LogP contribution in [0.15, 0.2) is 36.1 Å². The van der Waals surface area contributed by atoms with E-state index < -0.39 is 12.3 Å². The number of nitrogens with one attached hydrogen (secondary N) is 1. The Bertz CT molecular complexity index is 1160. The summed E-state index contributed by atoms with van der Waals surface area (Å²) in [6, 6.07) is 3.34. The maximum Gasteiger partial charge on any atom is 0.573 e. The van der Waals surface area contributed by atoms with Crippen LogP contribution in [0, 0.1) is 18.3 Å². The molecule has 1 saturated carbocycles. The lowest BCUT2D eigenvalue weighted by Crippen LogP contribution is -2.31. The summed E-state index contributed by atoms with van der Waals surface area (Å²) in [5, 5.41) is 13.0. The van der Waals surface area contributed by atoms with E-state index >= 15 is 0 Å². The van der Waals surface area contributed by atoms with E-state index in [-0.39, 0.29) is 34.7 Å². The maximum absolute atomic E-state index is 12.6. The van der Waals surface area contributed by atoms with Crippen molar-refractivity contribution in [1.29, 1.82) is 0 Å². The molecule has 0 bridgehead atoms. The number of rotatable bonds is 5. The average Bonchev–Trinajstić information content (AvgIpc) is 3.04. The van der Waals surface area contributed by atoms with Crippen LogP contribution < -0.4 is 5.32 Å². The number of halogens is 3. The molecule has 3 atom stereocenters. The Balaban J connectivity index is 1.72. The second-order valence-corrected chi connectivity index (χ2v) is 10.2. The van der Waals surface area contributed by atoms with Gasteiger partial charge in [-0.25, -0.2) is 9.78 Å². The first kappa shape index (κ1) is 24.2. The van der Waals surface area contributed by atoms with Crippen LogP contribution in [0.3, 0.4) is 0 Å². The third-order valence-electron chi connectivity index (χ3n) is 6.80. The minimum atomic E-state index is -4.74. The van der Waals surface area contributed by atoms with Crippen LogP contribution >= 0.6 is 0 Å². The van der Waals surface area contributed by atoms with Crippen molar-refractivity contribution in [3.63, 3.8) is 0 Å². The molecule has 1 fully saturated rings. The third kappa shape index (κ3) is 5.08. The van der Waals surface area contributed by atoms with Crippen molar-refractivity contribution in [1.82, 2.24) is 9.55 Å². The van der Waals surface area contributed by atoms with Crippen molar-refractivity contribution < 1.29 is 27.8 Å². The van der Waals surface area contributed by atoms with Crippen molar-refractivity contribution in [2.75, 3.05) is 5.32 Å². The van der Waals surface area contributed by atoms with Crippen LogP contribution in [0.5, 0.6) is 0 Å². The van der Waals surface area contributed by atoms with E-state index in [0.717, 1.165) is 31.2 Å².